The van der Waals surface area contributed by atoms with E-state index >= 15 is 0 Å². The first-order valence-corrected chi connectivity index (χ1v) is 12.9. The molecule has 0 unspecified atom stereocenters. The summed E-state index contributed by atoms with van der Waals surface area (Å²) in [4.78, 5) is 2.51. The molecule has 0 atom stereocenters. The lowest BCUT2D eigenvalue weighted by Gasteiger charge is -2.29. The molecule has 4 rings (SSSR count). The zero-order chi connectivity index (χ0) is 27.2. The van der Waals surface area contributed by atoms with Crippen molar-refractivity contribution in [3.8, 4) is 23.0 Å². The molecule has 202 valence electrons. The van der Waals surface area contributed by atoms with Crippen molar-refractivity contribution in [3.05, 3.63) is 76.3 Å². The fourth-order valence-electron chi connectivity index (χ4n) is 5.01. The minimum atomic E-state index is 0.700. The number of methoxy groups -OCH3 is 4. The molecular formula is C31H39N3O4. The number of aryl methyl sites for hydroxylation is 1. The molecule has 0 amide bonds. The van der Waals surface area contributed by atoms with Crippen molar-refractivity contribution in [1.82, 2.24) is 4.90 Å². The summed E-state index contributed by atoms with van der Waals surface area (Å²) < 4.78 is 21.9. The lowest BCUT2D eigenvalue weighted by atomic mass is 9.98. The highest BCUT2D eigenvalue weighted by Gasteiger charge is 2.19. The van der Waals surface area contributed by atoms with Gasteiger partial charge in [-0.3, -0.25) is 9.91 Å². The zero-order valence-corrected chi connectivity index (χ0v) is 23.6. The third kappa shape index (κ3) is 6.05. The lowest BCUT2D eigenvalue weighted by molar-refractivity contribution is 0.255. The smallest absolute Gasteiger partial charge is 0.161 e. The summed E-state index contributed by atoms with van der Waals surface area (Å²) >= 11 is 0. The molecule has 7 heteroatoms. The van der Waals surface area contributed by atoms with Crippen molar-refractivity contribution in [1.29, 1.82) is 0 Å². The van der Waals surface area contributed by atoms with Gasteiger partial charge in [-0.2, -0.15) is 5.10 Å². The van der Waals surface area contributed by atoms with Crippen molar-refractivity contribution in [2.45, 2.75) is 33.2 Å². The van der Waals surface area contributed by atoms with Crippen molar-refractivity contribution >= 4 is 11.4 Å². The minimum Gasteiger partial charge on any atom is -0.493 e. The molecule has 0 fully saturated rings. The van der Waals surface area contributed by atoms with E-state index in [-0.39, 0.29) is 0 Å². The predicted molar refractivity (Wildman–Crippen MR) is 154 cm³/mol. The summed E-state index contributed by atoms with van der Waals surface area (Å²) in [5.74, 6) is 3.03. The van der Waals surface area contributed by atoms with Gasteiger partial charge in [-0.05, 0) is 85.3 Å². The molecule has 7 nitrogen and oxygen atoms in total. The molecule has 0 aromatic heterocycles. The first kappa shape index (κ1) is 27.3. The van der Waals surface area contributed by atoms with Crippen LogP contribution in [0.1, 0.15) is 34.7 Å². The Morgan fingerprint density at radius 3 is 2.05 bits per heavy atom. The minimum absolute atomic E-state index is 0.700. The summed E-state index contributed by atoms with van der Waals surface area (Å²) in [6, 6.07) is 16.9. The maximum absolute atomic E-state index is 5.50. The number of benzene rings is 3. The number of anilines is 1. The van der Waals surface area contributed by atoms with Crippen LogP contribution < -0.4 is 24.0 Å². The lowest BCUT2D eigenvalue weighted by Crippen LogP contribution is -2.32. The van der Waals surface area contributed by atoms with Gasteiger partial charge in [0.1, 0.15) is 0 Å². The van der Waals surface area contributed by atoms with E-state index in [9.17, 15) is 0 Å². The second-order valence-corrected chi connectivity index (χ2v) is 9.65. The maximum atomic E-state index is 5.50. The van der Waals surface area contributed by atoms with E-state index in [2.05, 4.69) is 48.2 Å². The summed E-state index contributed by atoms with van der Waals surface area (Å²) in [5.41, 5.74) is 8.07. The van der Waals surface area contributed by atoms with Gasteiger partial charge in [-0.25, -0.2) is 0 Å². The van der Waals surface area contributed by atoms with Crippen LogP contribution in [-0.2, 0) is 19.4 Å². The SMILES string of the molecule is COc1cc(C)c(/C(C)=N/N(C)c2ccc(CCN3CCc4cc(OC)c(OC)cc4C3)cc2)cc1OC. The van der Waals surface area contributed by atoms with E-state index < -0.39 is 0 Å². The van der Waals surface area contributed by atoms with Crippen molar-refractivity contribution in [2.75, 3.05) is 53.6 Å². The van der Waals surface area contributed by atoms with E-state index in [0.717, 1.165) is 72.3 Å². The molecule has 0 bridgehead atoms. The molecule has 0 N–H and O–H groups in total. The molecule has 0 saturated heterocycles. The Bertz CT molecular complexity index is 1290. The molecule has 0 spiro atoms. The molecule has 0 radical (unpaired) electrons. The van der Waals surface area contributed by atoms with E-state index in [0.29, 0.717) is 5.75 Å². The van der Waals surface area contributed by atoms with Crippen LogP contribution in [0.25, 0.3) is 0 Å². The number of ether oxygens (including phenoxy) is 4. The molecule has 38 heavy (non-hydrogen) atoms. The second kappa shape index (κ2) is 12.2. The third-order valence-corrected chi connectivity index (χ3v) is 7.24. The highest BCUT2D eigenvalue weighted by atomic mass is 16.5. The Balaban J connectivity index is 1.38. The molecule has 0 saturated carbocycles. The number of rotatable bonds is 10. The van der Waals surface area contributed by atoms with Gasteiger partial charge in [0.2, 0.25) is 0 Å². The second-order valence-electron chi connectivity index (χ2n) is 9.65. The first-order chi connectivity index (χ1) is 18.4. The molecule has 1 aliphatic rings. The summed E-state index contributed by atoms with van der Waals surface area (Å²) in [6.07, 6.45) is 2.02. The number of nitrogens with zero attached hydrogens (tertiary/aromatic N) is 3. The van der Waals surface area contributed by atoms with E-state index in [4.69, 9.17) is 24.0 Å². The van der Waals surface area contributed by atoms with Gasteiger partial charge in [-0.1, -0.05) is 12.1 Å². The normalized spacial score (nSPS) is 13.6. The van der Waals surface area contributed by atoms with Gasteiger partial charge >= 0.3 is 0 Å². The Morgan fingerprint density at radius 2 is 1.42 bits per heavy atom. The topological polar surface area (TPSA) is 55.8 Å². The molecule has 1 aliphatic heterocycles. The largest absolute Gasteiger partial charge is 0.493 e. The van der Waals surface area contributed by atoms with Crippen molar-refractivity contribution < 1.29 is 18.9 Å². The van der Waals surface area contributed by atoms with Gasteiger partial charge in [0.05, 0.1) is 39.8 Å². The average molecular weight is 518 g/mol. The quantitative estimate of drug-likeness (QED) is 0.262. The Labute approximate surface area is 226 Å². The summed E-state index contributed by atoms with van der Waals surface area (Å²) in [7, 11) is 8.65. The number of fused-ring (bicyclic) bond motifs is 1. The first-order valence-electron chi connectivity index (χ1n) is 12.9. The number of hydrogen-bond acceptors (Lipinski definition) is 7. The van der Waals surface area contributed by atoms with E-state index in [1.54, 1.807) is 28.4 Å². The standard InChI is InChI=1S/C31H39N3O4/c1-21-16-28(35-4)31(38-7)19-27(21)22(2)32-33(3)26-10-8-23(9-11-26)12-14-34-15-13-24-17-29(36-5)30(37-6)18-25(24)20-34/h8-11,16-19H,12-15,20H2,1-7H3/b32-22+. The molecule has 0 aliphatic carbocycles. The molecule has 3 aromatic rings. The molecule has 3 aromatic carbocycles. The average Bonchev–Trinajstić information content (AvgIpc) is 2.94. The van der Waals surface area contributed by atoms with Crippen LogP contribution in [-0.4, -0.2) is 59.2 Å². The highest BCUT2D eigenvalue weighted by Crippen LogP contribution is 2.33. The summed E-state index contributed by atoms with van der Waals surface area (Å²) in [5, 5.41) is 6.75. The van der Waals surface area contributed by atoms with Gasteiger partial charge in [-0.15, -0.1) is 0 Å². The van der Waals surface area contributed by atoms with Crippen LogP contribution in [0.3, 0.4) is 0 Å². The predicted octanol–water partition coefficient (Wildman–Crippen LogP) is 5.49. The van der Waals surface area contributed by atoms with Crippen molar-refractivity contribution in [2.24, 2.45) is 5.10 Å². The van der Waals surface area contributed by atoms with Gasteiger partial charge in [0, 0.05) is 32.2 Å². The molecular weight excluding hydrogens is 478 g/mol. The number of hydrogen-bond donors (Lipinski definition) is 0. The fraction of sp³-hybridized carbons (Fsp3) is 0.387. The monoisotopic (exact) mass is 517 g/mol. The van der Waals surface area contributed by atoms with Crippen LogP contribution in [0.5, 0.6) is 23.0 Å². The van der Waals surface area contributed by atoms with Crippen LogP contribution in [0, 0.1) is 6.92 Å². The van der Waals surface area contributed by atoms with Crippen molar-refractivity contribution in [3.63, 3.8) is 0 Å². The maximum Gasteiger partial charge on any atom is 0.161 e. The van der Waals surface area contributed by atoms with Crippen LogP contribution in [0.4, 0.5) is 5.69 Å². The van der Waals surface area contributed by atoms with E-state index in [1.165, 1.54) is 16.7 Å². The zero-order valence-electron chi connectivity index (χ0n) is 23.6. The van der Waals surface area contributed by atoms with Crippen LogP contribution in [0.15, 0.2) is 53.6 Å². The van der Waals surface area contributed by atoms with Gasteiger partial charge in [0.25, 0.3) is 0 Å². The van der Waals surface area contributed by atoms with Gasteiger partial charge < -0.3 is 18.9 Å². The summed E-state index contributed by atoms with van der Waals surface area (Å²) in [6.45, 7) is 7.06. The Morgan fingerprint density at radius 1 is 0.842 bits per heavy atom. The van der Waals surface area contributed by atoms with Crippen LogP contribution in [0.2, 0.25) is 0 Å². The highest BCUT2D eigenvalue weighted by molar-refractivity contribution is 6.01. The Kier molecular flexibility index (Phi) is 8.79. The Hall–Kier alpha value is -3.71. The third-order valence-electron chi connectivity index (χ3n) is 7.24. The fourth-order valence-corrected chi connectivity index (χ4v) is 5.01. The van der Waals surface area contributed by atoms with Gasteiger partial charge in [0.15, 0.2) is 23.0 Å². The van der Waals surface area contributed by atoms with Crippen LogP contribution >= 0.6 is 0 Å². The molecule has 1 heterocycles. The number of hydrazone groups is 1. The van der Waals surface area contributed by atoms with E-state index in [1.807, 2.05) is 31.1 Å².